The lowest BCUT2D eigenvalue weighted by Crippen LogP contribution is -2.05. The minimum absolute atomic E-state index is 0.0188. The molecular weight excluding hydrogens is 308 g/mol. The third kappa shape index (κ3) is 2.98. The number of hydrogen-bond donors (Lipinski definition) is 0. The van der Waals surface area contributed by atoms with Crippen molar-refractivity contribution in [3.63, 3.8) is 0 Å². The molecule has 3 rings (SSSR count). The van der Waals surface area contributed by atoms with E-state index in [1.165, 1.54) is 11.8 Å². The standard InChI is InChI=1S/C12H14N6OS2/c1-7(2)18-12(14-16-17-18)21-8(3)11-13-10(15-19-11)9-5-4-6-20-9/h4-8H,1-3H3. The molecule has 0 radical (unpaired) electrons. The van der Waals surface area contributed by atoms with Crippen LogP contribution >= 0.6 is 23.1 Å². The number of tetrazole rings is 1. The molecule has 21 heavy (non-hydrogen) atoms. The van der Waals surface area contributed by atoms with Crippen LogP contribution < -0.4 is 0 Å². The number of thiophene rings is 1. The van der Waals surface area contributed by atoms with E-state index in [4.69, 9.17) is 4.52 Å². The molecule has 3 aromatic rings. The van der Waals surface area contributed by atoms with Crippen molar-refractivity contribution >= 4 is 23.1 Å². The first-order chi connectivity index (χ1) is 10.1. The van der Waals surface area contributed by atoms with Gasteiger partial charge in [-0.05, 0) is 42.6 Å². The number of thioether (sulfide) groups is 1. The van der Waals surface area contributed by atoms with Gasteiger partial charge in [0.25, 0.3) is 0 Å². The zero-order valence-corrected chi connectivity index (χ0v) is 13.4. The molecule has 0 spiro atoms. The molecule has 110 valence electrons. The van der Waals surface area contributed by atoms with E-state index in [0.717, 1.165) is 10.0 Å². The number of rotatable bonds is 5. The Bertz CT molecular complexity index is 705. The van der Waals surface area contributed by atoms with Crippen LogP contribution in [0.25, 0.3) is 10.7 Å². The lowest BCUT2D eigenvalue weighted by Gasteiger charge is -2.09. The van der Waals surface area contributed by atoms with Gasteiger partial charge in [-0.2, -0.15) is 4.98 Å². The molecule has 0 fully saturated rings. The van der Waals surface area contributed by atoms with Crippen LogP contribution in [0.4, 0.5) is 0 Å². The Morgan fingerprint density at radius 2 is 2.19 bits per heavy atom. The van der Waals surface area contributed by atoms with Crippen molar-refractivity contribution in [3.8, 4) is 10.7 Å². The maximum absolute atomic E-state index is 5.35. The van der Waals surface area contributed by atoms with Crippen LogP contribution in [0.15, 0.2) is 27.2 Å². The summed E-state index contributed by atoms with van der Waals surface area (Å²) in [5, 5.41) is 18.5. The van der Waals surface area contributed by atoms with Gasteiger partial charge in [-0.3, -0.25) is 0 Å². The molecule has 9 heteroatoms. The third-order valence-electron chi connectivity index (χ3n) is 2.77. The molecular formula is C12H14N6OS2. The fourth-order valence-electron chi connectivity index (χ4n) is 1.70. The molecule has 0 saturated carbocycles. The summed E-state index contributed by atoms with van der Waals surface area (Å²) in [5.41, 5.74) is 0. The first-order valence-corrected chi connectivity index (χ1v) is 8.23. The first kappa shape index (κ1) is 14.2. The normalized spacial score (nSPS) is 13.0. The van der Waals surface area contributed by atoms with Crippen LogP contribution in [-0.2, 0) is 0 Å². The van der Waals surface area contributed by atoms with Crippen molar-refractivity contribution in [2.45, 2.75) is 37.2 Å². The van der Waals surface area contributed by atoms with Gasteiger partial charge in [0.1, 0.15) is 0 Å². The number of nitrogens with zero attached hydrogens (tertiary/aromatic N) is 6. The van der Waals surface area contributed by atoms with Crippen LogP contribution in [0.3, 0.4) is 0 Å². The Balaban J connectivity index is 1.76. The summed E-state index contributed by atoms with van der Waals surface area (Å²) < 4.78 is 7.12. The van der Waals surface area contributed by atoms with Gasteiger partial charge in [-0.1, -0.05) is 23.0 Å². The van der Waals surface area contributed by atoms with Crippen LogP contribution in [0.5, 0.6) is 0 Å². The second-order valence-electron chi connectivity index (χ2n) is 4.69. The third-order valence-corrected chi connectivity index (χ3v) is 4.67. The Morgan fingerprint density at radius 3 is 2.90 bits per heavy atom. The van der Waals surface area contributed by atoms with Gasteiger partial charge in [0.15, 0.2) is 0 Å². The predicted octanol–water partition coefficient (Wildman–Crippen LogP) is 3.22. The Morgan fingerprint density at radius 1 is 1.33 bits per heavy atom. The molecule has 1 unspecified atom stereocenters. The fourth-order valence-corrected chi connectivity index (χ4v) is 3.30. The molecule has 0 aliphatic carbocycles. The highest BCUT2D eigenvalue weighted by atomic mass is 32.2. The van der Waals surface area contributed by atoms with E-state index in [1.807, 2.05) is 38.3 Å². The Labute approximate surface area is 129 Å². The summed E-state index contributed by atoms with van der Waals surface area (Å²) in [6.45, 7) is 6.06. The quantitative estimate of drug-likeness (QED) is 0.667. The lowest BCUT2D eigenvalue weighted by molar-refractivity contribution is 0.380. The van der Waals surface area contributed by atoms with E-state index in [-0.39, 0.29) is 11.3 Å². The van der Waals surface area contributed by atoms with Gasteiger partial charge < -0.3 is 4.52 Å². The summed E-state index contributed by atoms with van der Waals surface area (Å²) in [6.07, 6.45) is 0. The van der Waals surface area contributed by atoms with E-state index >= 15 is 0 Å². The molecule has 3 aromatic heterocycles. The highest BCUT2D eigenvalue weighted by Gasteiger charge is 2.20. The SMILES string of the molecule is CC(Sc1nnnn1C(C)C)c1nc(-c2cccs2)no1. The highest BCUT2D eigenvalue weighted by molar-refractivity contribution is 7.99. The van der Waals surface area contributed by atoms with Crippen molar-refractivity contribution in [2.75, 3.05) is 0 Å². The van der Waals surface area contributed by atoms with E-state index in [1.54, 1.807) is 16.0 Å². The summed E-state index contributed by atoms with van der Waals surface area (Å²) in [7, 11) is 0. The largest absolute Gasteiger partial charge is 0.338 e. The molecule has 0 aliphatic heterocycles. The minimum Gasteiger partial charge on any atom is -0.338 e. The molecule has 0 aromatic carbocycles. The number of hydrogen-bond acceptors (Lipinski definition) is 8. The van der Waals surface area contributed by atoms with E-state index in [9.17, 15) is 0 Å². The molecule has 0 saturated heterocycles. The average molecular weight is 322 g/mol. The van der Waals surface area contributed by atoms with Crippen LogP contribution in [0, 0.1) is 0 Å². The Kier molecular flexibility index (Phi) is 4.02. The zero-order valence-electron chi connectivity index (χ0n) is 11.8. The van der Waals surface area contributed by atoms with Crippen molar-refractivity contribution in [1.29, 1.82) is 0 Å². The summed E-state index contributed by atoms with van der Waals surface area (Å²) in [6, 6.07) is 4.14. The molecule has 0 aliphatic rings. The zero-order chi connectivity index (χ0) is 14.8. The second kappa shape index (κ2) is 5.94. The summed E-state index contributed by atoms with van der Waals surface area (Å²) in [5.74, 6) is 1.19. The Hall–Kier alpha value is -1.74. The monoisotopic (exact) mass is 322 g/mol. The smallest absolute Gasteiger partial charge is 0.240 e. The molecule has 0 N–H and O–H groups in total. The topological polar surface area (TPSA) is 82.5 Å². The maximum atomic E-state index is 5.35. The van der Waals surface area contributed by atoms with Crippen molar-refractivity contribution in [3.05, 3.63) is 23.4 Å². The van der Waals surface area contributed by atoms with E-state index in [2.05, 4.69) is 25.7 Å². The van der Waals surface area contributed by atoms with Gasteiger partial charge >= 0.3 is 0 Å². The number of aromatic nitrogens is 6. The lowest BCUT2D eigenvalue weighted by atomic mass is 10.4. The van der Waals surface area contributed by atoms with E-state index in [0.29, 0.717) is 11.7 Å². The first-order valence-electron chi connectivity index (χ1n) is 6.47. The summed E-state index contributed by atoms with van der Waals surface area (Å²) >= 11 is 3.09. The van der Waals surface area contributed by atoms with Gasteiger partial charge in [-0.25, -0.2) is 4.68 Å². The highest BCUT2D eigenvalue weighted by Crippen LogP contribution is 2.34. The molecule has 3 heterocycles. The van der Waals surface area contributed by atoms with Crippen LogP contribution in [-0.4, -0.2) is 30.3 Å². The second-order valence-corrected chi connectivity index (χ2v) is 6.95. The molecule has 7 nitrogen and oxygen atoms in total. The van der Waals surface area contributed by atoms with Crippen molar-refractivity contribution in [1.82, 2.24) is 30.3 Å². The molecule has 0 bridgehead atoms. The van der Waals surface area contributed by atoms with Gasteiger partial charge in [0.2, 0.25) is 16.9 Å². The maximum Gasteiger partial charge on any atom is 0.240 e. The predicted molar refractivity (Wildman–Crippen MR) is 80.1 cm³/mol. The summed E-state index contributed by atoms with van der Waals surface area (Å²) in [4.78, 5) is 5.44. The van der Waals surface area contributed by atoms with E-state index < -0.39 is 0 Å². The van der Waals surface area contributed by atoms with Crippen LogP contribution in [0.1, 0.15) is 38.0 Å². The molecule has 1 atom stereocenters. The van der Waals surface area contributed by atoms with Crippen molar-refractivity contribution < 1.29 is 4.52 Å². The minimum atomic E-state index is -0.0188. The fraction of sp³-hybridized carbons (Fsp3) is 0.417. The van der Waals surface area contributed by atoms with Gasteiger partial charge in [-0.15, -0.1) is 16.4 Å². The molecule has 0 amide bonds. The average Bonchev–Trinajstić information content (AvgIpc) is 3.19. The van der Waals surface area contributed by atoms with Crippen molar-refractivity contribution in [2.24, 2.45) is 0 Å². The van der Waals surface area contributed by atoms with Gasteiger partial charge in [0.05, 0.1) is 16.2 Å². The van der Waals surface area contributed by atoms with Crippen LogP contribution in [0.2, 0.25) is 0 Å². The van der Waals surface area contributed by atoms with Gasteiger partial charge in [0, 0.05) is 0 Å².